The summed E-state index contributed by atoms with van der Waals surface area (Å²) in [6.45, 7) is 0. The van der Waals surface area contributed by atoms with Crippen molar-refractivity contribution in [1.82, 2.24) is 9.97 Å². The molecule has 2 nitrogen and oxygen atoms in total. The van der Waals surface area contributed by atoms with Crippen LogP contribution in [0.3, 0.4) is 0 Å². The molecule has 0 bridgehead atoms. The number of nitrogens with zero attached hydrogens (tertiary/aromatic N) is 2. The first kappa shape index (κ1) is 15.8. The van der Waals surface area contributed by atoms with Crippen LogP contribution in [0.5, 0.6) is 0 Å². The lowest BCUT2D eigenvalue weighted by molar-refractivity contribution is 1.07. The highest BCUT2D eigenvalue weighted by Crippen LogP contribution is 2.25. The number of hydrogen-bond acceptors (Lipinski definition) is 2. The van der Waals surface area contributed by atoms with Gasteiger partial charge in [0.15, 0.2) is 0 Å². The SMILES string of the molecule is ClCc1cc(-c2cc(CCl)nc(CCl)c2)cc(CCl)n1. The van der Waals surface area contributed by atoms with E-state index in [1.165, 1.54) is 0 Å². The summed E-state index contributed by atoms with van der Waals surface area (Å²) in [4.78, 5) is 8.70. The first-order valence-corrected chi connectivity index (χ1v) is 8.08. The highest BCUT2D eigenvalue weighted by molar-refractivity contribution is 6.18. The van der Waals surface area contributed by atoms with Crippen LogP contribution >= 0.6 is 46.4 Å². The van der Waals surface area contributed by atoms with Crippen LogP contribution in [0.15, 0.2) is 24.3 Å². The molecule has 20 heavy (non-hydrogen) atoms. The Bertz CT molecular complexity index is 504. The van der Waals surface area contributed by atoms with Crippen molar-refractivity contribution in [3.8, 4) is 11.1 Å². The Kier molecular flexibility index (Phi) is 5.91. The second-order valence-corrected chi connectivity index (χ2v) is 5.28. The third-order valence-corrected chi connectivity index (χ3v) is 3.84. The minimum absolute atomic E-state index is 0.341. The molecule has 0 N–H and O–H groups in total. The summed E-state index contributed by atoms with van der Waals surface area (Å²) < 4.78 is 0. The third kappa shape index (κ3) is 3.76. The quantitative estimate of drug-likeness (QED) is 0.702. The van der Waals surface area contributed by atoms with Gasteiger partial charge in [0.05, 0.1) is 46.3 Å². The average Bonchev–Trinajstić information content (AvgIpc) is 2.53. The molecule has 0 radical (unpaired) electrons. The van der Waals surface area contributed by atoms with Gasteiger partial charge in [-0.25, -0.2) is 0 Å². The zero-order valence-electron chi connectivity index (χ0n) is 10.5. The van der Waals surface area contributed by atoms with E-state index in [1.807, 2.05) is 24.3 Å². The number of alkyl halides is 4. The predicted octanol–water partition coefficient (Wildman–Crippen LogP) is 5.10. The van der Waals surface area contributed by atoms with Gasteiger partial charge in [-0.1, -0.05) is 0 Å². The molecular formula is C14H12Cl4N2. The minimum Gasteiger partial charge on any atom is -0.255 e. The fraction of sp³-hybridized carbons (Fsp3) is 0.286. The molecule has 0 amide bonds. The molecule has 6 heteroatoms. The highest BCUT2D eigenvalue weighted by Gasteiger charge is 2.08. The zero-order valence-corrected chi connectivity index (χ0v) is 13.6. The number of halogens is 4. The standard InChI is InChI=1S/C14H12Cl4N2/c15-5-11-1-9(2-12(6-16)19-11)10-3-13(7-17)20-14(4-10)8-18/h1-4H,5-8H2. The van der Waals surface area contributed by atoms with E-state index in [4.69, 9.17) is 46.4 Å². The van der Waals surface area contributed by atoms with Gasteiger partial charge in [-0.3, -0.25) is 9.97 Å². The van der Waals surface area contributed by atoms with E-state index in [2.05, 4.69) is 9.97 Å². The van der Waals surface area contributed by atoms with Gasteiger partial charge in [-0.2, -0.15) is 0 Å². The van der Waals surface area contributed by atoms with E-state index >= 15 is 0 Å². The van der Waals surface area contributed by atoms with Crippen molar-refractivity contribution < 1.29 is 0 Å². The lowest BCUT2D eigenvalue weighted by Gasteiger charge is -2.09. The Balaban J connectivity index is 2.54. The lowest BCUT2D eigenvalue weighted by atomic mass is 10.0. The first-order chi connectivity index (χ1) is 9.69. The van der Waals surface area contributed by atoms with Gasteiger partial charge in [-0.05, 0) is 35.4 Å². The van der Waals surface area contributed by atoms with Crippen LogP contribution in [0.25, 0.3) is 11.1 Å². The Labute approximate surface area is 138 Å². The van der Waals surface area contributed by atoms with Gasteiger partial charge >= 0.3 is 0 Å². The first-order valence-electron chi connectivity index (χ1n) is 5.94. The molecule has 0 spiro atoms. The highest BCUT2D eigenvalue weighted by atomic mass is 35.5. The topological polar surface area (TPSA) is 25.8 Å². The fourth-order valence-corrected chi connectivity index (χ4v) is 2.45. The molecule has 106 valence electrons. The Morgan fingerprint density at radius 1 is 0.550 bits per heavy atom. The van der Waals surface area contributed by atoms with Crippen molar-refractivity contribution in [3.05, 3.63) is 47.0 Å². The molecule has 0 unspecified atom stereocenters. The van der Waals surface area contributed by atoms with Crippen LogP contribution in [-0.2, 0) is 23.5 Å². The van der Waals surface area contributed by atoms with E-state index in [0.717, 1.165) is 33.9 Å². The van der Waals surface area contributed by atoms with Crippen molar-refractivity contribution in [2.45, 2.75) is 23.5 Å². The number of hydrogen-bond donors (Lipinski definition) is 0. The fourth-order valence-electron chi connectivity index (χ4n) is 1.91. The molecule has 2 heterocycles. The maximum atomic E-state index is 5.87. The van der Waals surface area contributed by atoms with Gasteiger partial charge in [0.25, 0.3) is 0 Å². The van der Waals surface area contributed by atoms with E-state index in [0.29, 0.717) is 23.5 Å². The van der Waals surface area contributed by atoms with Gasteiger partial charge < -0.3 is 0 Å². The second kappa shape index (κ2) is 7.46. The van der Waals surface area contributed by atoms with E-state index in [1.54, 1.807) is 0 Å². The van der Waals surface area contributed by atoms with Crippen molar-refractivity contribution in [3.63, 3.8) is 0 Å². The van der Waals surface area contributed by atoms with E-state index in [-0.39, 0.29) is 0 Å². The van der Waals surface area contributed by atoms with Crippen LogP contribution in [0.2, 0.25) is 0 Å². The number of pyridine rings is 2. The summed E-state index contributed by atoms with van der Waals surface area (Å²) in [6, 6.07) is 7.76. The lowest BCUT2D eigenvalue weighted by Crippen LogP contribution is -1.96. The molecule has 2 rings (SSSR count). The van der Waals surface area contributed by atoms with Crippen LogP contribution in [0.4, 0.5) is 0 Å². The summed E-state index contributed by atoms with van der Waals surface area (Å²) >= 11 is 23.5. The number of aromatic nitrogens is 2. The maximum absolute atomic E-state index is 5.87. The molecule has 0 fully saturated rings. The van der Waals surface area contributed by atoms with Crippen LogP contribution in [0, 0.1) is 0 Å². The molecular weight excluding hydrogens is 338 g/mol. The van der Waals surface area contributed by atoms with Crippen molar-refractivity contribution in [1.29, 1.82) is 0 Å². The van der Waals surface area contributed by atoms with Crippen LogP contribution < -0.4 is 0 Å². The maximum Gasteiger partial charge on any atom is 0.0647 e. The van der Waals surface area contributed by atoms with Crippen molar-refractivity contribution in [2.24, 2.45) is 0 Å². The Morgan fingerprint density at radius 2 is 0.800 bits per heavy atom. The normalized spacial score (nSPS) is 10.8. The molecule has 2 aromatic rings. The minimum atomic E-state index is 0.341. The van der Waals surface area contributed by atoms with Crippen LogP contribution in [-0.4, -0.2) is 9.97 Å². The molecule has 0 aliphatic rings. The third-order valence-electron chi connectivity index (χ3n) is 2.74. The summed E-state index contributed by atoms with van der Waals surface area (Å²) in [5, 5.41) is 0. The smallest absolute Gasteiger partial charge is 0.0647 e. The van der Waals surface area contributed by atoms with Gasteiger partial charge in [0.2, 0.25) is 0 Å². The number of rotatable bonds is 5. The zero-order chi connectivity index (χ0) is 14.5. The van der Waals surface area contributed by atoms with Gasteiger partial charge in [-0.15, -0.1) is 46.4 Å². The Hall–Kier alpha value is -0.540. The molecule has 0 atom stereocenters. The largest absolute Gasteiger partial charge is 0.255 e. The molecule has 0 aliphatic heterocycles. The van der Waals surface area contributed by atoms with Crippen molar-refractivity contribution in [2.75, 3.05) is 0 Å². The summed E-state index contributed by atoms with van der Waals surface area (Å²) in [5.74, 6) is 1.36. The Morgan fingerprint density at radius 3 is 1.00 bits per heavy atom. The molecule has 0 saturated carbocycles. The molecule has 0 aromatic carbocycles. The molecule has 0 aliphatic carbocycles. The van der Waals surface area contributed by atoms with Gasteiger partial charge in [0.1, 0.15) is 0 Å². The summed E-state index contributed by atoms with van der Waals surface area (Å²) in [5.41, 5.74) is 5.14. The van der Waals surface area contributed by atoms with Gasteiger partial charge in [0, 0.05) is 0 Å². The predicted molar refractivity (Wildman–Crippen MR) is 85.7 cm³/mol. The molecule has 2 aromatic heterocycles. The second-order valence-electron chi connectivity index (χ2n) is 4.21. The van der Waals surface area contributed by atoms with E-state index in [9.17, 15) is 0 Å². The summed E-state index contributed by atoms with van der Waals surface area (Å²) in [6.07, 6.45) is 0. The monoisotopic (exact) mass is 348 g/mol. The molecule has 0 saturated heterocycles. The summed E-state index contributed by atoms with van der Waals surface area (Å²) in [7, 11) is 0. The van der Waals surface area contributed by atoms with Crippen LogP contribution in [0.1, 0.15) is 22.8 Å². The average molecular weight is 350 g/mol. The van der Waals surface area contributed by atoms with E-state index < -0.39 is 0 Å². The van der Waals surface area contributed by atoms with Crippen molar-refractivity contribution >= 4 is 46.4 Å².